The van der Waals surface area contributed by atoms with Gasteiger partial charge in [0.15, 0.2) is 0 Å². The Hall–Kier alpha value is -1.86. The lowest BCUT2D eigenvalue weighted by Gasteiger charge is -2.04. The molecule has 0 heterocycles. The van der Waals surface area contributed by atoms with Gasteiger partial charge in [0.2, 0.25) is 0 Å². The Balaban J connectivity index is 2.74. The van der Waals surface area contributed by atoms with Crippen LogP contribution in [-0.2, 0) is 0 Å². The van der Waals surface area contributed by atoms with Crippen molar-refractivity contribution in [2.24, 2.45) is 5.73 Å². The number of nitrogens with two attached hydrogens (primary N) is 1. The number of rotatable bonds is 4. The first-order chi connectivity index (χ1) is 8.69. The summed E-state index contributed by atoms with van der Waals surface area (Å²) in [6.07, 6.45) is 1.91. The summed E-state index contributed by atoms with van der Waals surface area (Å²) in [4.78, 5) is 11.7. The van der Waals surface area contributed by atoms with E-state index in [4.69, 9.17) is 5.73 Å². The topological polar surface area (TPSA) is 55.1 Å². The second-order valence-electron chi connectivity index (χ2n) is 3.81. The molecule has 0 aliphatic rings. The van der Waals surface area contributed by atoms with E-state index in [2.05, 4.69) is 17.2 Å². The van der Waals surface area contributed by atoms with Crippen LogP contribution in [0.3, 0.4) is 0 Å². The summed E-state index contributed by atoms with van der Waals surface area (Å²) in [5, 5.41) is 2.73. The van der Waals surface area contributed by atoms with E-state index >= 15 is 0 Å². The van der Waals surface area contributed by atoms with Crippen molar-refractivity contribution in [3.8, 4) is 11.8 Å². The molecule has 0 bridgehead atoms. The SMILES string of the molecule is CCCCNC(=O)c1ccc(C#CCN)c(F)c1. The molecule has 1 aromatic carbocycles. The van der Waals surface area contributed by atoms with Gasteiger partial charge < -0.3 is 11.1 Å². The van der Waals surface area contributed by atoms with Crippen LogP contribution in [0.4, 0.5) is 4.39 Å². The molecule has 0 saturated heterocycles. The molecule has 0 radical (unpaired) electrons. The Bertz CT molecular complexity index is 474. The van der Waals surface area contributed by atoms with Gasteiger partial charge in [0.25, 0.3) is 5.91 Å². The summed E-state index contributed by atoms with van der Waals surface area (Å²) in [6.45, 7) is 2.82. The average molecular weight is 248 g/mol. The zero-order valence-electron chi connectivity index (χ0n) is 10.4. The quantitative estimate of drug-likeness (QED) is 0.629. The summed E-state index contributed by atoms with van der Waals surface area (Å²) in [6, 6.07) is 4.25. The van der Waals surface area contributed by atoms with E-state index in [1.807, 2.05) is 6.92 Å². The third-order valence-corrected chi connectivity index (χ3v) is 2.37. The number of benzene rings is 1. The Kier molecular flexibility index (Phi) is 5.89. The zero-order valence-corrected chi connectivity index (χ0v) is 10.4. The molecule has 18 heavy (non-hydrogen) atoms. The van der Waals surface area contributed by atoms with Crippen LogP contribution in [0.25, 0.3) is 0 Å². The van der Waals surface area contributed by atoms with Gasteiger partial charge in [0.05, 0.1) is 12.1 Å². The highest BCUT2D eigenvalue weighted by Gasteiger charge is 2.07. The Labute approximate surface area is 107 Å². The molecule has 0 unspecified atom stereocenters. The van der Waals surface area contributed by atoms with Gasteiger partial charge in [-0.2, -0.15) is 0 Å². The number of amides is 1. The van der Waals surface area contributed by atoms with Gasteiger partial charge in [-0.25, -0.2) is 4.39 Å². The average Bonchev–Trinajstić information content (AvgIpc) is 2.37. The molecule has 0 saturated carbocycles. The smallest absolute Gasteiger partial charge is 0.251 e. The maximum absolute atomic E-state index is 13.6. The molecule has 1 aromatic rings. The van der Waals surface area contributed by atoms with Crippen LogP contribution in [-0.4, -0.2) is 19.0 Å². The maximum atomic E-state index is 13.6. The van der Waals surface area contributed by atoms with Crippen LogP contribution >= 0.6 is 0 Å². The standard InChI is InChI=1S/C14H17FN2O/c1-2-3-9-17-14(18)12-7-6-11(5-4-8-16)13(15)10-12/h6-7,10H,2-3,8-9,16H2,1H3,(H,17,18). The van der Waals surface area contributed by atoms with Crippen molar-refractivity contribution in [1.29, 1.82) is 0 Å². The van der Waals surface area contributed by atoms with Crippen LogP contribution in [0.15, 0.2) is 18.2 Å². The number of carbonyl (C=O) groups is 1. The molecule has 0 aromatic heterocycles. The molecule has 3 N–H and O–H groups in total. The molecule has 1 rings (SSSR count). The van der Waals surface area contributed by atoms with Crippen LogP contribution in [0.2, 0.25) is 0 Å². The molecule has 0 aliphatic carbocycles. The number of hydrogen-bond acceptors (Lipinski definition) is 2. The Morgan fingerprint density at radius 3 is 2.89 bits per heavy atom. The van der Waals surface area contributed by atoms with E-state index in [0.717, 1.165) is 12.8 Å². The lowest BCUT2D eigenvalue weighted by Crippen LogP contribution is -2.24. The first-order valence-electron chi connectivity index (χ1n) is 5.95. The van der Waals surface area contributed by atoms with Crippen molar-refractivity contribution in [3.63, 3.8) is 0 Å². The highest BCUT2D eigenvalue weighted by molar-refractivity contribution is 5.94. The van der Waals surface area contributed by atoms with Gasteiger partial charge in [0, 0.05) is 12.1 Å². The van der Waals surface area contributed by atoms with Crippen molar-refractivity contribution < 1.29 is 9.18 Å². The number of carbonyl (C=O) groups excluding carboxylic acids is 1. The summed E-state index contributed by atoms with van der Waals surface area (Å²) in [7, 11) is 0. The highest BCUT2D eigenvalue weighted by Crippen LogP contribution is 2.09. The van der Waals surface area contributed by atoms with Gasteiger partial charge in [0.1, 0.15) is 5.82 Å². The molecule has 0 atom stereocenters. The van der Waals surface area contributed by atoms with E-state index in [-0.39, 0.29) is 18.0 Å². The lowest BCUT2D eigenvalue weighted by atomic mass is 10.1. The predicted octanol–water partition coefficient (Wildman–Crippen LogP) is 1.67. The number of unbranched alkanes of at least 4 members (excludes halogenated alkanes) is 1. The molecular weight excluding hydrogens is 231 g/mol. The van der Waals surface area contributed by atoms with E-state index < -0.39 is 5.82 Å². The monoisotopic (exact) mass is 248 g/mol. The lowest BCUT2D eigenvalue weighted by molar-refractivity contribution is 0.0952. The minimum absolute atomic E-state index is 0.179. The minimum Gasteiger partial charge on any atom is -0.352 e. The van der Waals surface area contributed by atoms with Gasteiger partial charge in [-0.05, 0) is 24.6 Å². The predicted molar refractivity (Wildman–Crippen MR) is 69.6 cm³/mol. The molecule has 0 aliphatic heterocycles. The summed E-state index contributed by atoms with van der Waals surface area (Å²) >= 11 is 0. The largest absolute Gasteiger partial charge is 0.352 e. The number of nitrogens with one attached hydrogen (secondary N) is 1. The molecule has 1 amide bonds. The summed E-state index contributed by atoms with van der Waals surface area (Å²) < 4.78 is 13.6. The normalized spacial score (nSPS) is 9.50. The second kappa shape index (κ2) is 7.46. The third-order valence-electron chi connectivity index (χ3n) is 2.37. The number of hydrogen-bond donors (Lipinski definition) is 2. The van der Waals surface area contributed by atoms with Crippen LogP contribution < -0.4 is 11.1 Å². The molecular formula is C14H17FN2O. The molecule has 0 fully saturated rings. The molecule has 4 heteroatoms. The van der Waals surface area contributed by atoms with Crippen molar-refractivity contribution in [1.82, 2.24) is 5.32 Å². The van der Waals surface area contributed by atoms with E-state index in [1.54, 1.807) is 6.07 Å². The zero-order chi connectivity index (χ0) is 13.4. The summed E-state index contributed by atoms with van der Waals surface area (Å²) in [5.41, 5.74) is 5.77. The molecule has 96 valence electrons. The van der Waals surface area contributed by atoms with Crippen LogP contribution in [0, 0.1) is 17.7 Å². The van der Waals surface area contributed by atoms with Crippen molar-refractivity contribution in [2.75, 3.05) is 13.1 Å². The van der Waals surface area contributed by atoms with Crippen LogP contribution in [0.5, 0.6) is 0 Å². The molecule has 0 spiro atoms. The van der Waals surface area contributed by atoms with E-state index in [1.165, 1.54) is 12.1 Å². The Morgan fingerprint density at radius 1 is 1.50 bits per heavy atom. The summed E-state index contributed by atoms with van der Waals surface area (Å²) in [5.74, 6) is 4.42. The highest BCUT2D eigenvalue weighted by atomic mass is 19.1. The third kappa shape index (κ3) is 4.19. The van der Waals surface area contributed by atoms with Crippen LogP contribution in [0.1, 0.15) is 35.7 Å². The Morgan fingerprint density at radius 2 is 2.28 bits per heavy atom. The first-order valence-corrected chi connectivity index (χ1v) is 5.95. The van der Waals surface area contributed by atoms with Gasteiger partial charge in [-0.1, -0.05) is 25.2 Å². The fourth-order valence-corrected chi connectivity index (χ4v) is 1.38. The van der Waals surface area contributed by atoms with Crippen molar-refractivity contribution in [2.45, 2.75) is 19.8 Å². The van der Waals surface area contributed by atoms with Crippen molar-refractivity contribution >= 4 is 5.91 Å². The van der Waals surface area contributed by atoms with Gasteiger partial charge >= 0.3 is 0 Å². The van der Waals surface area contributed by atoms with E-state index in [0.29, 0.717) is 12.1 Å². The maximum Gasteiger partial charge on any atom is 0.251 e. The van der Waals surface area contributed by atoms with E-state index in [9.17, 15) is 9.18 Å². The first kappa shape index (κ1) is 14.2. The fraction of sp³-hybridized carbons (Fsp3) is 0.357. The number of halogens is 1. The van der Waals surface area contributed by atoms with Gasteiger partial charge in [-0.3, -0.25) is 4.79 Å². The van der Waals surface area contributed by atoms with Crippen molar-refractivity contribution in [3.05, 3.63) is 35.1 Å². The fourth-order valence-electron chi connectivity index (χ4n) is 1.38. The minimum atomic E-state index is -0.501. The van der Waals surface area contributed by atoms with Gasteiger partial charge in [-0.15, -0.1) is 0 Å². The second-order valence-corrected chi connectivity index (χ2v) is 3.81. The molecule has 3 nitrogen and oxygen atoms in total.